The Hall–Kier alpha value is -5.05. The Morgan fingerprint density at radius 1 is 1.02 bits per heavy atom. The minimum Gasteiger partial charge on any atom is -0.496 e. The lowest BCUT2D eigenvalue weighted by atomic mass is 9.94. The number of imidazole rings is 1. The van der Waals surface area contributed by atoms with Crippen LogP contribution in [0.3, 0.4) is 0 Å². The topological polar surface area (TPSA) is 97.4 Å². The third-order valence-electron chi connectivity index (χ3n) is 8.85. The summed E-state index contributed by atoms with van der Waals surface area (Å²) in [4.78, 5) is 24.2. The molecule has 2 aromatic heterocycles. The van der Waals surface area contributed by atoms with Gasteiger partial charge in [0.2, 0.25) is 5.95 Å². The Morgan fingerprint density at radius 2 is 1.82 bits per heavy atom. The Bertz CT molecular complexity index is 1860. The molecule has 6 rings (SSSR count). The maximum absolute atomic E-state index is 13.9. The molecular weight excluding hydrogens is 642 g/mol. The molecule has 15 heteroatoms. The monoisotopic (exact) mass is 679 g/mol. The van der Waals surface area contributed by atoms with E-state index in [0.717, 1.165) is 18.5 Å². The maximum atomic E-state index is 13.9. The lowest BCUT2D eigenvalue weighted by Crippen LogP contribution is -2.35. The van der Waals surface area contributed by atoms with Gasteiger partial charge in [0.25, 0.3) is 5.91 Å². The van der Waals surface area contributed by atoms with Gasteiger partial charge in [-0.15, -0.1) is 5.10 Å². The molecule has 11 nitrogen and oxygen atoms in total. The molecule has 1 aliphatic heterocycles. The maximum Gasteiger partial charge on any atom is 0.406 e. The average molecular weight is 680 g/mol. The third kappa shape index (κ3) is 7.99. The fourth-order valence-electron chi connectivity index (χ4n) is 6.37. The van der Waals surface area contributed by atoms with E-state index in [2.05, 4.69) is 25.4 Å². The van der Waals surface area contributed by atoms with Gasteiger partial charge in [0.05, 0.1) is 29.4 Å². The third-order valence-corrected chi connectivity index (χ3v) is 8.85. The van der Waals surface area contributed by atoms with E-state index >= 15 is 0 Å². The SMILES string of the molecule is COc1ccc(-n2cnnn2)cc1C(=O)N(C)CC(CCN1CCCN(c2nc3ccccc3n2CC(F)(F)F)CC1)c1ccc(F)cc1. The van der Waals surface area contributed by atoms with Crippen molar-refractivity contribution in [3.63, 3.8) is 0 Å². The number of carbonyl (C=O) groups is 1. The number of ether oxygens (including phenoxy) is 1. The van der Waals surface area contributed by atoms with Gasteiger partial charge in [-0.05, 0) is 84.4 Å². The van der Waals surface area contributed by atoms with E-state index < -0.39 is 12.7 Å². The van der Waals surface area contributed by atoms with Crippen molar-refractivity contribution in [2.24, 2.45) is 0 Å². The van der Waals surface area contributed by atoms with Crippen LogP contribution in [0.25, 0.3) is 16.7 Å². The van der Waals surface area contributed by atoms with Crippen molar-refractivity contribution in [1.29, 1.82) is 0 Å². The second-order valence-corrected chi connectivity index (χ2v) is 12.1. The Balaban J connectivity index is 1.16. The van der Waals surface area contributed by atoms with Crippen LogP contribution in [0.4, 0.5) is 23.5 Å². The number of para-hydroxylation sites is 2. The van der Waals surface area contributed by atoms with Gasteiger partial charge in [-0.3, -0.25) is 4.79 Å². The highest BCUT2D eigenvalue weighted by Gasteiger charge is 2.32. The second-order valence-electron chi connectivity index (χ2n) is 12.1. The number of halogens is 4. The van der Waals surface area contributed by atoms with E-state index in [9.17, 15) is 22.4 Å². The smallest absolute Gasteiger partial charge is 0.406 e. The predicted octanol–water partition coefficient (Wildman–Crippen LogP) is 5.18. The van der Waals surface area contributed by atoms with Gasteiger partial charge in [0.1, 0.15) is 24.4 Å². The van der Waals surface area contributed by atoms with Gasteiger partial charge >= 0.3 is 6.18 Å². The molecular formula is C34H37F4N9O2. The lowest BCUT2D eigenvalue weighted by Gasteiger charge is -2.28. The molecule has 1 fully saturated rings. The van der Waals surface area contributed by atoms with Crippen LogP contribution in [0, 0.1) is 5.82 Å². The standard InChI is InChI=1S/C34H37F4N9O2/c1-43(32(48)28-20-27(12-13-31(28)49-2)47-23-39-41-42-47)21-25(24-8-10-26(35)11-9-24)14-17-44-15-5-16-45(19-18-44)33-40-29-6-3-4-7-30(29)46(33)22-34(36,37)38/h3-4,6-13,20,23,25H,5,14-19,21-22H2,1-2H3. The van der Waals surface area contributed by atoms with Crippen LogP contribution in [0.1, 0.15) is 34.7 Å². The summed E-state index contributed by atoms with van der Waals surface area (Å²) in [6, 6.07) is 18.3. The van der Waals surface area contributed by atoms with Crippen LogP contribution in [0.5, 0.6) is 5.75 Å². The number of hydrogen-bond acceptors (Lipinski definition) is 8. The summed E-state index contributed by atoms with van der Waals surface area (Å²) in [7, 11) is 3.22. The molecule has 5 aromatic rings. The van der Waals surface area contributed by atoms with Crippen LogP contribution in [0.2, 0.25) is 0 Å². The molecule has 1 aliphatic rings. The van der Waals surface area contributed by atoms with Crippen LogP contribution in [0.15, 0.2) is 73.1 Å². The number of carbonyl (C=O) groups excluding carboxylic acids is 1. The van der Waals surface area contributed by atoms with Crippen LogP contribution in [-0.2, 0) is 6.54 Å². The normalized spacial score (nSPS) is 14.9. The first-order valence-electron chi connectivity index (χ1n) is 16.0. The number of amides is 1. The molecule has 0 radical (unpaired) electrons. The number of rotatable bonds is 11. The number of tetrazole rings is 1. The summed E-state index contributed by atoms with van der Waals surface area (Å²) in [6.07, 6.45) is -1.54. The molecule has 1 saturated heterocycles. The Morgan fingerprint density at radius 3 is 2.55 bits per heavy atom. The Labute approximate surface area is 280 Å². The lowest BCUT2D eigenvalue weighted by molar-refractivity contribution is -0.139. The highest BCUT2D eigenvalue weighted by molar-refractivity contribution is 5.97. The average Bonchev–Trinajstić information content (AvgIpc) is 3.69. The van der Waals surface area contributed by atoms with Crippen molar-refractivity contribution >= 4 is 22.9 Å². The fourth-order valence-corrected chi connectivity index (χ4v) is 6.37. The minimum absolute atomic E-state index is 0.126. The first kappa shape index (κ1) is 33.8. The summed E-state index contributed by atoms with van der Waals surface area (Å²) in [5.74, 6) is -0.000891. The zero-order valence-corrected chi connectivity index (χ0v) is 27.2. The molecule has 0 N–H and O–H groups in total. The molecule has 1 unspecified atom stereocenters. The summed E-state index contributed by atoms with van der Waals surface area (Å²) < 4.78 is 62.9. The van der Waals surface area contributed by atoms with Gasteiger partial charge in [-0.2, -0.15) is 13.2 Å². The molecule has 1 amide bonds. The first-order valence-corrected chi connectivity index (χ1v) is 16.0. The highest BCUT2D eigenvalue weighted by Crippen LogP contribution is 2.30. The molecule has 0 saturated carbocycles. The van der Waals surface area contributed by atoms with Crippen molar-refractivity contribution < 1.29 is 27.1 Å². The van der Waals surface area contributed by atoms with E-state index in [1.54, 1.807) is 66.5 Å². The molecule has 0 aliphatic carbocycles. The number of hydrogen-bond donors (Lipinski definition) is 0. The van der Waals surface area contributed by atoms with Crippen LogP contribution in [-0.4, -0.2) is 105 Å². The number of benzene rings is 3. The quantitative estimate of drug-likeness (QED) is 0.176. The van der Waals surface area contributed by atoms with E-state index in [4.69, 9.17) is 4.74 Å². The van der Waals surface area contributed by atoms with Crippen molar-refractivity contribution in [2.75, 3.05) is 58.3 Å². The van der Waals surface area contributed by atoms with E-state index in [1.165, 1.54) is 34.8 Å². The largest absolute Gasteiger partial charge is 0.496 e. The zero-order chi connectivity index (χ0) is 34.5. The number of likely N-dealkylation sites (N-methyl/N-ethyl adjacent to an activating group) is 1. The summed E-state index contributed by atoms with van der Waals surface area (Å²) in [6.45, 7) is 2.38. The van der Waals surface area contributed by atoms with Gasteiger partial charge in [-0.1, -0.05) is 24.3 Å². The summed E-state index contributed by atoms with van der Waals surface area (Å²) >= 11 is 0. The molecule has 49 heavy (non-hydrogen) atoms. The number of methoxy groups -OCH3 is 1. The van der Waals surface area contributed by atoms with Crippen molar-refractivity contribution in [1.82, 2.24) is 39.6 Å². The Kier molecular flexibility index (Phi) is 10.1. The number of anilines is 1. The zero-order valence-electron chi connectivity index (χ0n) is 27.2. The first-order chi connectivity index (χ1) is 23.6. The van der Waals surface area contributed by atoms with E-state index in [-0.39, 0.29) is 17.6 Å². The fraction of sp³-hybridized carbons (Fsp3) is 0.382. The van der Waals surface area contributed by atoms with Crippen molar-refractivity contribution in [3.05, 3.63) is 90.0 Å². The molecule has 0 bridgehead atoms. The molecule has 3 heterocycles. The molecule has 3 aromatic carbocycles. The number of alkyl halides is 3. The number of nitrogens with zero attached hydrogens (tertiary/aromatic N) is 9. The van der Waals surface area contributed by atoms with Crippen LogP contribution >= 0.6 is 0 Å². The van der Waals surface area contributed by atoms with Crippen molar-refractivity contribution in [3.8, 4) is 11.4 Å². The summed E-state index contributed by atoms with van der Waals surface area (Å²) in [5.41, 5.74) is 2.83. The van der Waals surface area contributed by atoms with Gasteiger partial charge in [-0.25, -0.2) is 14.1 Å². The van der Waals surface area contributed by atoms with E-state index in [1.807, 2.05) is 4.90 Å². The molecule has 1 atom stereocenters. The molecule has 258 valence electrons. The second kappa shape index (κ2) is 14.6. The highest BCUT2D eigenvalue weighted by atomic mass is 19.4. The van der Waals surface area contributed by atoms with E-state index in [0.29, 0.717) is 73.1 Å². The predicted molar refractivity (Wildman–Crippen MR) is 175 cm³/mol. The molecule has 0 spiro atoms. The van der Waals surface area contributed by atoms with Gasteiger partial charge in [0, 0.05) is 39.1 Å². The van der Waals surface area contributed by atoms with Crippen LogP contribution < -0.4 is 9.64 Å². The summed E-state index contributed by atoms with van der Waals surface area (Å²) in [5, 5.41) is 11.2. The van der Waals surface area contributed by atoms with Gasteiger partial charge < -0.3 is 24.0 Å². The number of fused-ring (bicyclic) bond motifs is 1. The van der Waals surface area contributed by atoms with Crippen molar-refractivity contribution in [2.45, 2.75) is 31.5 Å². The van der Waals surface area contributed by atoms with Gasteiger partial charge in [0.15, 0.2) is 0 Å². The minimum atomic E-state index is -4.39. The number of aromatic nitrogens is 6.